The van der Waals surface area contributed by atoms with E-state index in [-0.39, 0.29) is 28.7 Å². The second-order valence-corrected chi connectivity index (χ2v) is 12.9. The summed E-state index contributed by atoms with van der Waals surface area (Å²) in [5.74, 6) is 0.337. The Kier molecular flexibility index (Phi) is 6.62. The molecule has 4 atom stereocenters. The molecule has 7 heteroatoms. The van der Waals surface area contributed by atoms with Gasteiger partial charge in [0, 0.05) is 62.3 Å². The number of hydrogen-bond donors (Lipinski definition) is 1. The predicted molar refractivity (Wildman–Crippen MR) is 147 cm³/mol. The van der Waals surface area contributed by atoms with E-state index < -0.39 is 6.10 Å². The molecule has 2 aliphatic carbocycles. The molecule has 1 saturated heterocycles. The molecular weight excluding hydrogens is 478 g/mol. The summed E-state index contributed by atoms with van der Waals surface area (Å²) < 4.78 is 6.39. The molecule has 2 saturated carbocycles. The summed E-state index contributed by atoms with van der Waals surface area (Å²) in [7, 11) is 0. The van der Waals surface area contributed by atoms with Gasteiger partial charge in [-0.2, -0.15) is 0 Å². The SMILES string of the molecule is CC1(C)[C@H]2CC[C@@](C)(C2)[C@@H]1OC[C@H](O)CN1CCN(CCN2C(=O)c3cccc4cccc(c34)C2=O)CC1. The summed E-state index contributed by atoms with van der Waals surface area (Å²) in [6, 6.07) is 11.3. The van der Waals surface area contributed by atoms with Crippen LogP contribution in [0.2, 0.25) is 0 Å². The lowest BCUT2D eigenvalue weighted by molar-refractivity contribution is -0.114. The fourth-order valence-electron chi connectivity index (χ4n) is 7.95. The van der Waals surface area contributed by atoms with Crippen LogP contribution >= 0.6 is 0 Å². The monoisotopic (exact) mass is 519 g/mol. The van der Waals surface area contributed by atoms with Crippen LogP contribution in [0.5, 0.6) is 0 Å². The molecule has 204 valence electrons. The number of benzene rings is 2. The third-order valence-corrected chi connectivity index (χ3v) is 10.0. The van der Waals surface area contributed by atoms with Gasteiger partial charge in [-0.25, -0.2) is 0 Å². The molecule has 6 rings (SSSR count). The second kappa shape index (κ2) is 9.70. The van der Waals surface area contributed by atoms with Crippen LogP contribution in [0.3, 0.4) is 0 Å². The molecule has 2 aromatic carbocycles. The smallest absolute Gasteiger partial charge is 0.261 e. The number of amides is 2. The number of aliphatic hydroxyl groups excluding tert-OH is 1. The third-order valence-electron chi connectivity index (χ3n) is 10.0. The lowest BCUT2D eigenvalue weighted by Crippen LogP contribution is -2.52. The fourth-order valence-corrected chi connectivity index (χ4v) is 7.95. The van der Waals surface area contributed by atoms with Gasteiger partial charge < -0.3 is 9.84 Å². The first-order valence-electron chi connectivity index (χ1n) is 14.3. The van der Waals surface area contributed by atoms with Crippen molar-refractivity contribution in [2.24, 2.45) is 16.7 Å². The van der Waals surface area contributed by atoms with Crippen molar-refractivity contribution in [2.75, 3.05) is 52.4 Å². The van der Waals surface area contributed by atoms with E-state index in [9.17, 15) is 14.7 Å². The first kappa shape index (κ1) is 25.9. The quantitative estimate of drug-likeness (QED) is 0.537. The van der Waals surface area contributed by atoms with E-state index in [1.807, 2.05) is 36.4 Å². The van der Waals surface area contributed by atoms with Crippen LogP contribution in [0.25, 0.3) is 10.8 Å². The number of imide groups is 1. The molecule has 2 heterocycles. The van der Waals surface area contributed by atoms with Gasteiger partial charge in [-0.3, -0.25) is 24.3 Å². The Labute approximate surface area is 225 Å². The lowest BCUT2D eigenvalue weighted by Gasteiger charge is -2.43. The van der Waals surface area contributed by atoms with Gasteiger partial charge in [-0.05, 0) is 53.5 Å². The van der Waals surface area contributed by atoms with Crippen molar-refractivity contribution in [3.8, 4) is 0 Å². The predicted octanol–water partition coefficient (Wildman–Crippen LogP) is 3.65. The van der Waals surface area contributed by atoms with Crippen molar-refractivity contribution in [3.05, 3.63) is 47.5 Å². The van der Waals surface area contributed by atoms with Gasteiger partial charge in [0.05, 0.1) is 18.8 Å². The van der Waals surface area contributed by atoms with Crippen molar-refractivity contribution in [1.29, 1.82) is 0 Å². The first-order valence-corrected chi connectivity index (χ1v) is 14.3. The molecule has 4 aliphatic rings. The maximum Gasteiger partial charge on any atom is 0.261 e. The Morgan fingerprint density at radius 3 is 2.18 bits per heavy atom. The normalized spacial score (nSPS) is 29.9. The second-order valence-electron chi connectivity index (χ2n) is 12.9. The molecule has 7 nitrogen and oxygen atoms in total. The zero-order valence-electron chi connectivity index (χ0n) is 23.0. The highest BCUT2D eigenvalue weighted by molar-refractivity contribution is 6.25. The minimum absolute atomic E-state index is 0.185. The molecule has 2 aliphatic heterocycles. The Morgan fingerprint density at radius 1 is 0.947 bits per heavy atom. The molecule has 0 radical (unpaired) electrons. The van der Waals surface area contributed by atoms with Crippen LogP contribution in [0.1, 0.15) is 60.7 Å². The summed E-state index contributed by atoms with van der Waals surface area (Å²) in [4.78, 5) is 32.3. The number of nitrogens with zero attached hydrogens (tertiary/aromatic N) is 3. The van der Waals surface area contributed by atoms with Gasteiger partial charge in [0.15, 0.2) is 0 Å². The number of ether oxygens (including phenoxy) is 1. The van der Waals surface area contributed by atoms with Gasteiger partial charge in [-0.15, -0.1) is 0 Å². The van der Waals surface area contributed by atoms with Crippen LogP contribution < -0.4 is 0 Å². The maximum atomic E-state index is 13.2. The Balaban J connectivity index is 0.973. The highest BCUT2D eigenvalue weighted by Gasteiger charge is 2.60. The summed E-state index contributed by atoms with van der Waals surface area (Å²) >= 11 is 0. The molecule has 2 aromatic rings. The highest BCUT2D eigenvalue weighted by Crippen LogP contribution is 2.63. The van der Waals surface area contributed by atoms with E-state index in [2.05, 4.69) is 30.6 Å². The van der Waals surface area contributed by atoms with Crippen molar-refractivity contribution in [2.45, 2.75) is 52.2 Å². The van der Waals surface area contributed by atoms with Crippen molar-refractivity contribution in [3.63, 3.8) is 0 Å². The van der Waals surface area contributed by atoms with Gasteiger partial charge in [0.25, 0.3) is 11.8 Å². The minimum atomic E-state index is -0.494. The number of hydrogen-bond acceptors (Lipinski definition) is 6. The van der Waals surface area contributed by atoms with Crippen LogP contribution in [0, 0.1) is 16.7 Å². The Bertz CT molecular complexity index is 1180. The molecule has 3 fully saturated rings. The van der Waals surface area contributed by atoms with Gasteiger partial charge in [0.2, 0.25) is 0 Å². The lowest BCUT2D eigenvalue weighted by atomic mass is 9.70. The molecule has 2 amide bonds. The number of aliphatic hydroxyl groups is 1. The number of fused-ring (bicyclic) bond motifs is 2. The third kappa shape index (κ3) is 4.37. The van der Waals surface area contributed by atoms with Crippen LogP contribution in [-0.4, -0.2) is 96.2 Å². The standard InChI is InChI=1S/C31H41N3O4/c1-30(2)22-10-11-31(3,18-22)29(30)38-20-23(35)19-33-14-12-32(13-15-33)16-17-34-27(36)24-8-4-6-21-7-5-9-25(26(21)24)28(34)37/h4-9,22-23,29,35H,10-20H2,1-3H3/t22-,23+,29+,31-/m0/s1. The number of rotatable bonds is 8. The van der Waals surface area contributed by atoms with Gasteiger partial charge >= 0.3 is 0 Å². The zero-order valence-corrected chi connectivity index (χ0v) is 23.0. The van der Waals surface area contributed by atoms with E-state index >= 15 is 0 Å². The fraction of sp³-hybridized carbons (Fsp3) is 0.613. The highest BCUT2D eigenvalue weighted by atomic mass is 16.5. The van der Waals surface area contributed by atoms with E-state index in [0.29, 0.717) is 37.4 Å². The number of carbonyl (C=O) groups is 2. The minimum Gasteiger partial charge on any atom is -0.389 e. The topological polar surface area (TPSA) is 73.3 Å². The largest absolute Gasteiger partial charge is 0.389 e. The average Bonchev–Trinajstić information content (AvgIpc) is 3.39. The number of piperazine rings is 1. The summed E-state index contributed by atoms with van der Waals surface area (Å²) in [5.41, 5.74) is 1.66. The van der Waals surface area contributed by atoms with E-state index in [1.165, 1.54) is 24.2 Å². The summed E-state index contributed by atoms with van der Waals surface area (Å²) in [5, 5.41) is 12.5. The van der Waals surface area contributed by atoms with Crippen LogP contribution in [-0.2, 0) is 4.74 Å². The molecule has 0 spiro atoms. The van der Waals surface area contributed by atoms with Crippen molar-refractivity contribution in [1.82, 2.24) is 14.7 Å². The number of β-amino-alcohol motifs (C(OH)–C–C–N with tert-alkyl or cyclic N) is 1. The molecule has 2 bridgehead atoms. The first-order chi connectivity index (χ1) is 18.2. The van der Waals surface area contributed by atoms with Gasteiger partial charge in [-0.1, -0.05) is 45.0 Å². The molecule has 38 heavy (non-hydrogen) atoms. The van der Waals surface area contributed by atoms with Crippen molar-refractivity contribution < 1.29 is 19.4 Å². The maximum absolute atomic E-state index is 13.2. The molecule has 0 aromatic heterocycles. The van der Waals surface area contributed by atoms with Crippen LogP contribution in [0.15, 0.2) is 36.4 Å². The molecular formula is C31H41N3O4. The van der Waals surface area contributed by atoms with E-state index in [4.69, 9.17) is 4.74 Å². The van der Waals surface area contributed by atoms with Crippen molar-refractivity contribution >= 4 is 22.6 Å². The van der Waals surface area contributed by atoms with Gasteiger partial charge in [0.1, 0.15) is 0 Å². The molecule has 0 unspecified atom stereocenters. The van der Waals surface area contributed by atoms with Crippen LogP contribution in [0.4, 0.5) is 0 Å². The number of carbonyl (C=O) groups excluding carboxylic acids is 2. The summed E-state index contributed by atoms with van der Waals surface area (Å²) in [6.45, 7) is 12.5. The summed E-state index contributed by atoms with van der Waals surface area (Å²) in [6.07, 6.45) is 3.52. The Morgan fingerprint density at radius 2 is 1.58 bits per heavy atom. The zero-order chi connectivity index (χ0) is 26.7. The molecule has 1 N–H and O–H groups in total. The van der Waals surface area contributed by atoms with E-state index in [1.54, 1.807) is 0 Å². The average molecular weight is 520 g/mol. The Hall–Kier alpha value is -2.32. The van der Waals surface area contributed by atoms with E-state index in [0.717, 1.165) is 42.9 Å².